The zero-order valence-corrected chi connectivity index (χ0v) is 13.9. The topological polar surface area (TPSA) is 53.1 Å². The average molecular weight is 338 g/mol. The molecule has 0 amide bonds. The SMILES string of the molecule is COc1ccc(-c2nc(CCN)n(C)c2Br)c(C)c1C. The summed E-state index contributed by atoms with van der Waals surface area (Å²) in [6.07, 6.45) is 0.767. The minimum absolute atomic E-state index is 0.595. The van der Waals surface area contributed by atoms with Gasteiger partial charge >= 0.3 is 0 Å². The summed E-state index contributed by atoms with van der Waals surface area (Å²) in [6, 6.07) is 4.04. The highest BCUT2D eigenvalue weighted by molar-refractivity contribution is 9.10. The summed E-state index contributed by atoms with van der Waals surface area (Å²) in [6.45, 7) is 4.75. The second-order valence-electron chi connectivity index (χ2n) is 4.83. The fourth-order valence-electron chi connectivity index (χ4n) is 2.32. The minimum Gasteiger partial charge on any atom is -0.496 e. The zero-order chi connectivity index (χ0) is 14.9. The van der Waals surface area contributed by atoms with E-state index < -0.39 is 0 Å². The maximum Gasteiger partial charge on any atom is 0.122 e. The van der Waals surface area contributed by atoms with Crippen LogP contribution in [0.1, 0.15) is 17.0 Å². The van der Waals surface area contributed by atoms with Crippen molar-refractivity contribution in [1.82, 2.24) is 9.55 Å². The molecule has 1 heterocycles. The summed E-state index contributed by atoms with van der Waals surface area (Å²) in [5, 5.41) is 0. The third-order valence-electron chi connectivity index (χ3n) is 3.70. The van der Waals surface area contributed by atoms with Crippen LogP contribution in [0.5, 0.6) is 5.75 Å². The van der Waals surface area contributed by atoms with E-state index in [2.05, 4.69) is 35.8 Å². The van der Waals surface area contributed by atoms with Gasteiger partial charge in [-0.25, -0.2) is 4.98 Å². The van der Waals surface area contributed by atoms with Crippen molar-refractivity contribution in [2.45, 2.75) is 20.3 Å². The lowest BCUT2D eigenvalue weighted by Gasteiger charge is -2.11. The highest BCUT2D eigenvalue weighted by Crippen LogP contribution is 2.34. The van der Waals surface area contributed by atoms with Gasteiger partial charge in [-0.05, 0) is 59.6 Å². The van der Waals surface area contributed by atoms with Crippen LogP contribution >= 0.6 is 15.9 Å². The molecule has 0 radical (unpaired) electrons. The lowest BCUT2D eigenvalue weighted by Crippen LogP contribution is -2.07. The summed E-state index contributed by atoms with van der Waals surface area (Å²) in [5.41, 5.74) is 10.0. The predicted octanol–water partition coefficient (Wildman–Crippen LogP) is 2.98. The Morgan fingerprint density at radius 2 is 2.00 bits per heavy atom. The number of benzene rings is 1. The van der Waals surface area contributed by atoms with Crippen LogP contribution in [0.4, 0.5) is 0 Å². The molecular formula is C15H20BrN3O. The van der Waals surface area contributed by atoms with Crippen LogP contribution in [0.25, 0.3) is 11.3 Å². The molecule has 2 N–H and O–H groups in total. The monoisotopic (exact) mass is 337 g/mol. The van der Waals surface area contributed by atoms with Crippen molar-refractivity contribution < 1.29 is 4.74 Å². The lowest BCUT2D eigenvalue weighted by molar-refractivity contribution is 0.411. The zero-order valence-electron chi connectivity index (χ0n) is 12.3. The third kappa shape index (κ3) is 2.47. The van der Waals surface area contributed by atoms with E-state index in [0.29, 0.717) is 6.54 Å². The highest BCUT2D eigenvalue weighted by Gasteiger charge is 2.17. The molecule has 5 heteroatoms. The molecule has 0 unspecified atom stereocenters. The molecule has 20 heavy (non-hydrogen) atoms. The fourth-order valence-corrected chi connectivity index (χ4v) is 2.83. The van der Waals surface area contributed by atoms with Crippen LogP contribution in [0, 0.1) is 13.8 Å². The molecule has 0 aliphatic carbocycles. The lowest BCUT2D eigenvalue weighted by atomic mass is 10.0. The van der Waals surface area contributed by atoms with Crippen LogP contribution in [0.3, 0.4) is 0 Å². The Labute approximate surface area is 128 Å². The second kappa shape index (κ2) is 5.97. The number of halogens is 1. The molecule has 0 fully saturated rings. The number of methoxy groups -OCH3 is 1. The number of aromatic nitrogens is 2. The van der Waals surface area contributed by atoms with Crippen LogP contribution in [0.2, 0.25) is 0 Å². The molecule has 0 aliphatic heterocycles. The van der Waals surface area contributed by atoms with Crippen molar-refractivity contribution in [2.75, 3.05) is 13.7 Å². The van der Waals surface area contributed by atoms with E-state index in [1.807, 2.05) is 17.7 Å². The Kier molecular flexibility index (Phi) is 4.50. The number of imidazole rings is 1. The van der Waals surface area contributed by atoms with Crippen molar-refractivity contribution in [3.63, 3.8) is 0 Å². The largest absolute Gasteiger partial charge is 0.496 e. The van der Waals surface area contributed by atoms with E-state index >= 15 is 0 Å². The molecule has 2 rings (SSSR count). The van der Waals surface area contributed by atoms with E-state index in [1.54, 1.807) is 7.11 Å². The standard InChI is InChI=1S/C15H20BrN3O/c1-9-10(2)12(20-4)6-5-11(9)14-15(16)19(3)13(18-14)7-8-17/h5-6H,7-8,17H2,1-4H3. The number of rotatable bonds is 4. The van der Waals surface area contributed by atoms with Gasteiger partial charge in [0.2, 0.25) is 0 Å². The maximum atomic E-state index is 5.63. The van der Waals surface area contributed by atoms with Crippen molar-refractivity contribution in [3.05, 3.63) is 33.7 Å². The van der Waals surface area contributed by atoms with Gasteiger partial charge in [0.05, 0.1) is 7.11 Å². The number of ether oxygens (including phenoxy) is 1. The summed E-state index contributed by atoms with van der Waals surface area (Å²) in [4.78, 5) is 4.72. The molecule has 108 valence electrons. The molecule has 2 aromatic rings. The Hall–Kier alpha value is -1.33. The number of hydrogen-bond donors (Lipinski definition) is 1. The van der Waals surface area contributed by atoms with Gasteiger partial charge in [-0.2, -0.15) is 0 Å². The summed E-state index contributed by atoms with van der Waals surface area (Å²) >= 11 is 3.63. The second-order valence-corrected chi connectivity index (χ2v) is 5.58. The molecule has 0 bridgehead atoms. The van der Waals surface area contributed by atoms with Crippen LogP contribution in [-0.2, 0) is 13.5 Å². The van der Waals surface area contributed by atoms with Gasteiger partial charge in [0.1, 0.15) is 21.9 Å². The van der Waals surface area contributed by atoms with E-state index in [-0.39, 0.29) is 0 Å². The van der Waals surface area contributed by atoms with Gasteiger partial charge in [-0.3, -0.25) is 0 Å². The van der Waals surface area contributed by atoms with E-state index in [0.717, 1.165) is 39.4 Å². The fraction of sp³-hybridized carbons (Fsp3) is 0.400. The van der Waals surface area contributed by atoms with E-state index in [1.165, 1.54) is 5.56 Å². The first-order valence-electron chi connectivity index (χ1n) is 6.57. The van der Waals surface area contributed by atoms with E-state index in [4.69, 9.17) is 15.5 Å². The molecule has 1 aromatic heterocycles. The molecule has 0 atom stereocenters. The van der Waals surface area contributed by atoms with Gasteiger partial charge in [0, 0.05) is 19.0 Å². The third-order valence-corrected chi connectivity index (χ3v) is 4.61. The number of nitrogens with two attached hydrogens (primary N) is 1. The molecule has 0 saturated carbocycles. The van der Waals surface area contributed by atoms with Gasteiger partial charge in [0.15, 0.2) is 0 Å². The van der Waals surface area contributed by atoms with Crippen LogP contribution in [-0.4, -0.2) is 23.2 Å². The average Bonchev–Trinajstić information content (AvgIpc) is 2.71. The molecular weight excluding hydrogens is 318 g/mol. The van der Waals surface area contributed by atoms with Crippen LogP contribution in [0.15, 0.2) is 16.7 Å². The van der Waals surface area contributed by atoms with Crippen molar-refractivity contribution >= 4 is 15.9 Å². The smallest absolute Gasteiger partial charge is 0.122 e. The molecule has 1 aromatic carbocycles. The Morgan fingerprint density at radius 1 is 1.30 bits per heavy atom. The Balaban J connectivity index is 2.57. The van der Waals surface area contributed by atoms with Gasteiger partial charge in [-0.1, -0.05) is 0 Å². The number of nitrogens with zero attached hydrogens (tertiary/aromatic N) is 2. The number of hydrogen-bond acceptors (Lipinski definition) is 3. The van der Waals surface area contributed by atoms with Crippen LogP contribution < -0.4 is 10.5 Å². The maximum absolute atomic E-state index is 5.63. The first-order chi connectivity index (χ1) is 9.51. The van der Waals surface area contributed by atoms with Crippen molar-refractivity contribution in [2.24, 2.45) is 12.8 Å². The normalized spacial score (nSPS) is 10.9. The first kappa shape index (κ1) is 15.1. The molecule has 4 nitrogen and oxygen atoms in total. The quantitative estimate of drug-likeness (QED) is 0.932. The molecule has 0 saturated heterocycles. The van der Waals surface area contributed by atoms with Crippen molar-refractivity contribution in [1.29, 1.82) is 0 Å². The molecule has 0 aliphatic rings. The predicted molar refractivity (Wildman–Crippen MR) is 85.1 cm³/mol. The van der Waals surface area contributed by atoms with Crippen molar-refractivity contribution in [3.8, 4) is 17.0 Å². The minimum atomic E-state index is 0.595. The Bertz CT molecular complexity index is 635. The highest BCUT2D eigenvalue weighted by atomic mass is 79.9. The summed E-state index contributed by atoms with van der Waals surface area (Å²) in [7, 11) is 3.69. The molecule has 0 spiro atoms. The summed E-state index contributed by atoms with van der Waals surface area (Å²) < 4.78 is 8.38. The van der Waals surface area contributed by atoms with Gasteiger partial charge in [0.25, 0.3) is 0 Å². The van der Waals surface area contributed by atoms with Gasteiger partial charge < -0.3 is 15.0 Å². The van der Waals surface area contributed by atoms with Gasteiger partial charge in [-0.15, -0.1) is 0 Å². The van der Waals surface area contributed by atoms with E-state index in [9.17, 15) is 0 Å². The first-order valence-corrected chi connectivity index (χ1v) is 7.36. The Morgan fingerprint density at radius 3 is 2.60 bits per heavy atom. The summed E-state index contributed by atoms with van der Waals surface area (Å²) in [5.74, 6) is 1.89.